The van der Waals surface area contributed by atoms with Crippen LogP contribution in [-0.4, -0.2) is 23.5 Å². The average Bonchev–Trinajstić information content (AvgIpc) is 3.19. The molecular formula is C25H24N2O2. The van der Waals surface area contributed by atoms with Crippen LogP contribution < -0.4 is 10.1 Å². The van der Waals surface area contributed by atoms with Gasteiger partial charge >= 0.3 is 0 Å². The van der Waals surface area contributed by atoms with Crippen molar-refractivity contribution in [3.05, 3.63) is 102 Å². The van der Waals surface area contributed by atoms with Gasteiger partial charge in [0.25, 0.3) is 5.91 Å². The number of carbonyl (C=O) groups excluding carboxylic acids is 1. The number of rotatable bonds is 7. The Morgan fingerprint density at radius 3 is 2.34 bits per heavy atom. The third kappa shape index (κ3) is 4.32. The predicted molar refractivity (Wildman–Crippen MR) is 116 cm³/mol. The van der Waals surface area contributed by atoms with Gasteiger partial charge in [-0.2, -0.15) is 0 Å². The number of benzene rings is 3. The summed E-state index contributed by atoms with van der Waals surface area (Å²) in [5.41, 5.74) is 3.42. The molecule has 3 aromatic carbocycles. The van der Waals surface area contributed by atoms with E-state index in [2.05, 4.69) is 34.6 Å². The number of aromatic amines is 1. The van der Waals surface area contributed by atoms with Gasteiger partial charge in [-0.1, -0.05) is 66.7 Å². The zero-order valence-corrected chi connectivity index (χ0v) is 16.3. The highest BCUT2D eigenvalue weighted by molar-refractivity contribution is 5.85. The Kier molecular flexibility index (Phi) is 5.61. The SMILES string of the molecule is C[C@H](Oc1ccccc1)C(=O)NC[C@@H](c1ccccc1)c1c[nH]c2ccccc12. The molecule has 1 heterocycles. The lowest BCUT2D eigenvalue weighted by Crippen LogP contribution is -2.38. The largest absolute Gasteiger partial charge is 0.481 e. The van der Waals surface area contributed by atoms with Crippen LogP contribution in [0.2, 0.25) is 0 Å². The Morgan fingerprint density at radius 2 is 1.59 bits per heavy atom. The fraction of sp³-hybridized carbons (Fsp3) is 0.160. The number of nitrogens with one attached hydrogen (secondary N) is 2. The summed E-state index contributed by atoms with van der Waals surface area (Å²) < 4.78 is 5.76. The van der Waals surface area contributed by atoms with Crippen LogP contribution >= 0.6 is 0 Å². The van der Waals surface area contributed by atoms with Gasteiger partial charge in [-0.3, -0.25) is 4.79 Å². The minimum absolute atomic E-state index is 0.0419. The highest BCUT2D eigenvalue weighted by atomic mass is 16.5. The van der Waals surface area contributed by atoms with Crippen LogP contribution in [0, 0.1) is 0 Å². The molecule has 2 atom stereocenters. The number of hydrogen-bond acceptors (Lipinski definition) is 2. The lowest BCUT2D eigenvalue weighted by atomic mass is 9.91. The second-order valence-corrected chi connectivity index (χ2v) is 7.07. The van der Waals surface area contributed by atoms with Crippen LogP contribution in [0.3, 0.4) is 0 Å². The molecule has 0 saturated carbocycles. The molecule has 146 valence electrons. The molecule has 0 aliphatic carbocycles. The first-order chi connectivity index (χ1) is 14.2. The second-order valence-electron chi connectivity index (χ2n) is 7.07. The Morgan fingerprint density at radius 1 is 0.931 bits per heavy atom. The van der Waals surface area contributed by atoms with E-state index in [1.165, 1.54) is 10.9 Å². The minimum atomic E-state index is -0.572. The summed E-state index contributed by atoms with van der Waals surface area (Å²) in [4.78, 5) is 16.0. The van der Waals surface area contributed by atoms with Gasteiger partial charge in [0.05, 0.1) is 0 Å². The number of amides is 1. The van der Waals surface area contributed by atoms with Crippen molar-refractivity contribution in [2.45, 2.75) is 18.9 Å². The van der Waals surface area contributed by atoms with E-state index in [1.54, 1.807) is 6.92 Å². The van der Waals surface area contributed by atoms with E-state index in [1.807, 2.05) is 66.9 Å². The molecule has 29 heavy (non-hydrogen) atoms. The van der Waals surface area contributed by atoms with E-state index in [0.29, 0.717) is 12.3 Å². The van der Waals surface area contributed by atoms with Gasteiger partial charge in [0.1, 0.15) is 5.75 Å². The first-order valence-electron chi connectivity index (χ1n) is 9.83. The second kappa shape index (κ2) is 8.65. The first-order valence-corrected chi connectivity index (χ1v) is 9.83. The van der Waals surface area contributed by atoms with E-state index >= 15 is 0 Å². The molecule has 2 N–H and O–H groups in total. The molecule has 1 amide bonds. The van der Waals surface area contributed by atoms with Crippen LogP contribution in [0.5, 0.6) is 5.75 Å². The van der Waals surface area contributed by atoms with Crippen molar-refractivity contribution in [2.75, 3.05) is 6.54 Å². The topological polar surface area (TPSA) is 54.1 Å². The van der Waals surface area contributed by atoms with Crippen molar-refractivity contribution in [1.29, 1.82) is 0 Å². The van der Waals surface area contributed by atoms with Gasteiger partial charge in [0.2, 0.25) is 0 Å². The molecule has 0 aliphatic rings. The highest BCUT2D eigenvalue weighted by Gasteiger charge is 2.21. The zero-order chi connectivity index (χ0) is 20.1. The van der Waals surface area contributed by atoms with Gasteiger partial charge in [0, 0.05) is 29.6 Å². The van der Waals surface area contributed by atoms with Crippen LogP contribution in [0.1, 0.15) is 24.0 Å². The van der Waals surface area contributed by atoms with Gasteiger partial charge in [-0.15, -0.1) is 0 Å². The van der Waals surface area contributed by atoms with Crippen LogP contribution in [0.15, 0.2) is 91.1 Å². The number of ether oxygens (including phenoxy) is 1. The molecule has 0 unspecified atom stereocenters. The van der Waals surface area contributed by atoms with E-state index in [0.717, 1.165) is 11.1 Å². The molecule has 4 heteroatoms. The summed E-state index contributed by atoms with van der Waals surface area (Å²) in [5, 5.41) is 4.25. The van der Waals surface area contributed by atoms with Crippen LogP contribution in [-0.2, 0) is 4.79 Å². The van der Waals surface area contributed by atoms with Gasteiger partial charge in [0.15, 0.2) is 6.10 Å². The average molecular weight is 384 g/mol. The standard InChI is InChI=1S/C25H24N2O2/c1-18(29-20-12-6-3-7-13-20)25(28)27-16-22(19-10-4-2-5-11-19)23-17-26-24-15-9-8-14-21(23)24/h2-15,17-18,22,26H,16H2,1H3,(H,27,28)/t18-,22-/m0/s1. The number of aromatic nitrogens is 1. The maximum Gasteiger partial charge on any atom is 0.260 e. The molecule has 0 saturated heterocycles. The van der Waals surface area contributed by atoms with Crippen LogP contribution in [0.4, 0.5) is 0 Å². The van der Waals surface area contributed by atoms with Crippen molar-refractivity contribution in [2.24, 2.45) is 0 Å². The molecule has 0 spiro atoms. The summed E-state index contributed by atoms with van der Waals surface area (Å²) in [5.74, 6) is 0.598. The molecule has 4 nitrogen and oxygen atoms in total. The van der Waals surface area contributed by atoms with Crippen molar-refractivity contribution in [1.82, 2.24) is 10.3 Å². The third-order valence-electron chi connectivity index (χ3n) is 5.10. The van der Waals surface area contributed by atoms with E-state index < -0.39 is 6.10 Å². The first kappa shape index (κ1) is 18.8. The molecule has 0 radical (unpaired) electrons. The highest BCUT2D eigenvalue weighted by Crippen LogP contribution is 2.30. The van der Waals surface area contributed by atoms with Crippen molar-refractivity contribution < 1.29 is 9.53 Å². The quantitative estimate of drug-likeness (QED) is 0.477. The zero-order valence-electron chi connectivity index (χ0n) is 16.3. The van der Waals surface area contributed by atoms with E-state index in [4.69, 9.17) is 4.74 Å². The number of hydrogen-bond donors (Lipinski definition) is 2. The fourth-order valence-electron chi connectivity index (χ4n) is 3.58. The van der Waals surface area contributed by atoms with E-state index in [9.17, 15) is 4.79 Å². The lowest BCUT2D eigenvalue weighted by Gasteiger charge is -2.20. The molecule has 4 rings (SSSR count). The number of H-pyrrole nitrogens is 1. The summed E-state index contributed by atoms with van der Waals surface area (Å²) in [6.07, 6.45) is 1.47. The normalized spacial score (nSPS) is 13.0. The maximum absolute atomic E-state index is 12.7. The maximum atomic E-state index is 12.7. The van der Waals surface area contributed by atoms with Gasteiger partial charge in [-0.05, 0) is 36.2 Å². The monoisotopic (exact) mass is 384 g/mol. The molecule has 0 fully saturated rings. The van der Waals surface area contributed by atoms with Crippen molar-refractivity contribution in [3.8, 4) is 5.75 Å². The van der Waals surface area contributed by atoms with Crippen molar-refractivity contribution in [3.63, 3.8) is 0 Å². The van der Waals surface area contributed by atoms with Crippen molar-refractivity contribution >= 4 is 16.8 Å². The van der Waals surface area contributed by atoms with Gasteiger partial charge in [-0.25, -0.2) is 0 Å². The smallest absolute Gasteiger partial charge is 0.260 e. The predicted octanol–water partition coefficient (Wildman–Crippen LogP) is 4.88. The molecule has 0 bridgehead atoms. The van der Waals surface area contributed by atoms with E-state index in [-0.39, 0.29) is 11.8 Å². The summed E-state index contributed by atoms with van der Waals surface area (Å²) in [6, 6.07) is 27.9. The molecule has 4 aromatic rings. The molecule has 0 aliphatic heterocycles. The summed E-state index contributed by atoms with van der Waals surface area (Å²) >= 11 is 0. The van der Waals surface area contributed by atoms with Gasteiger partial charge < -0.3 is 15.0 Å². The lowest BCUT2D eigenvalue weighted by molar-refractivity contribution is -0.127. The Balaban J connectivity index is 1.53. The summed E-state index contributed by atoms with van der Waals surface area (Å²) in [7, 11) is 0. The number of fused-ring (bicyclic) bond motifs is 1. The Labute approximate surface area is 170 Å². The summed E-state index contributed by atoms with van der Waals surface area (Å²) in [6.45, 7) is 2.26. The Hall–Kier alpha value is -3.53. The number of carbonyl (C=O) groups is 1. The fourth-order valence-corrected chi connectivity index (χ4v) is 3.58. The third-order valence-corrected chi connectivity index (χ3v) is 5.10. The Bertz CT molecular complexity index is 1070. The molecule has 1 aromatic heterocycles. The van der Waals surface area contributed by atoms with Crippen LogP contribution in [0.25, 0.3) is 10.9 Å². The molecular weight excluding hydrogens is 360 g/mol. The minimum Gasteiger partial charge on any atom is -0.481 e. The number of para-hydroxylation sites is 2.